The third-order valence-corrected chi connectivity index (χ3v) is 4.73. The Labute approximate surface area is 116 Å². The summed E-state index contributed by atoms with van der Waals surface area (Å²) in [5.74, 6) is 1.54. The summed E-state index contributed by atoms with van der Waals surface area (Å²) >= 11 is 0. The largest absolute Gasteiger partial charge is 0.390 e. The van der Waals surface area contributed by atoms with Crippen molar-refractivity contribution in [3.8, 4) is 0 Å². The zero-order valence-electron chi connectivity index (χ0n) is 12.4. The van der Waals surface area contributed by atoms with Gasteiger partial charge in [0.15, 0.2) is 0 Å². The number of hydrogen-bond acceptors (Lipinski definition) is 4. The van der Waals surface area contributed by atoms with Crippen LogP contribution in [0.4, 0.5) is 0 Å². The quantitative estimate of drug-likeness (QED) is 0.751. The molecule has 4 nitrogen and oxygen atoms in total. The van der Waals surface area contributed by atoms with Crippen LogP contribution < -0.4 is 0 Å². The number of methoxy groups -OCH3 is 1. The first-order valence-corrected chi connectivity index (χ1v) is 7.56. The molecule has 6 atom stereocenters. The van der Waals surface area contributed by atoms with E-state index in [2.05, 4.69) is 13.8 Å². The van der Waals surface area contributed by atoms with Crippen LogP contribution in [0.25, 0.3) is 0 Å². The molecule has 0 radical (unpaired) electrons. The van der Waals surface area contributed by atoms with Gasteiger partial charge in [0.1, 0.15) is 6.10 Å². The molecular weight excluding hydrogens is 244 g/mol. The van der Waals surface area contributed by atoms with Crippen molar-refractivity contribution in [2.75, 3.05) is 20.3 Å². The summed E-state index contributed by atoms with van der Waals surface area (Å²) in [7, 11) is 1.65. The zero-order valence-corrected chi connectivity index (χ0v) is 12.4. The van der Waals surface area contributed by atoms with Gasteiger partial charge >= 0.3 is 0 Å². The van der Waals surface area contributed by atoms with E-state index in [0.29, 0.717) is 25.7 Å². The van der Waals surface area contributed by atoms with Gasteiger partial charge in [-0.1, -0.05) is 13.8 Å². The van der Waals surface area contributed by atoms with E-state index in [4.69, 9.17) is 14.2 Å². The van der Waals surface area contributed by atoms with Gasteiger partial charge in [0, 0.05) is 13.5 Å². The predicted molar refractivity (Wildman–Crippen MR) is 73.1 cm³/mol. The first kappa shape index (κ1) is 15.2. The van der Waals surface area contributed by atoms with Crippen LogP contribution in [0.1, 0.15) is 39.5 Å². The summed E-state index contributed by atoms with van der Waals surface area (Å²) in [5.41, 5.74) is 0. The van der Waals surface area contributed by atoms with Crippen LogP contribution in [-0.2, 0) is 14.2 Å². The minimum absolute atomic E-state index is 0.0671. The standard InChI is InChI=1S/C15H28O4/c1-10-4-5-12(8-11(10)2)19-14-9-13(16)15(14)18-7-6-17-3/h10-16H,4-9H2,1-3H3. The van der Waals surface area contributed by atoms with Crippen molar-refractivity contribution in [1.82, 2.24) is 0 Å². The summed E-state index contributed by atoms with van der Waals surface area (Å²) in [6.07, 6.45) is 4.11. The molecule has 0 spiro atoms. The number of aliphatic hydroxyl groups excluding tert-OH is 1. The molecule has 0 amide bonds. The lowest BCUT2D eigenvalue weighted by molar-refractivity contribution is -0.215. The van der Waals surface area contributed by atoms with E-state index in [1.54, 1.807) is 7.11 Å². The molecule has 0 aromatic heterocycles. The highest BCUT2D eigenvalue weighted by atomic mass is 16.6. The molecule has 1 N–H and O–H groups in total. The lowest BCUT2D eigenvalue weighted by Gasteiger charge is -2.44. The van der Waals surface area contributed by atoms with E-state index in [0.717, 1.165) is 24.7 Å². The zero-order chi connectivity index (χ0) is 13.8. The SMILES string of the molecule is COCCOC1C(O)CC1OC1CCC(C)C(C)C1. The number of rotatable bonds is 6. The molecular formula is C15H28O4. The molecule has 112 valence electrons. The van der Waals surface area contributed by atoms with Crippen LogP contribution >= 0.6 is 0 Å². The Morgan fingerprint density at radius 1 is 1.05 bits per heavy atom. The van der Waals surface area contributed by atoms with Crippen LogP contribution in [0.2, 0.25) is 0 Å². The monoisotopic (exact) mass is 272 g/mol. The van der Waals surface area contributed by atoms with Gasteiger partial charge in [0.25, 0.3) is 0 Å². The average molecular weight is 272 g/mol. The van der Waals surface area contributed by atoms with Gasteiger partial charge in [-0.3, -0.25) is 0 Å². The van der Waals surface area contributed by atoms with Gasteiger partial charge in [-0.15, -0.1) is 0 Å². The molecule has 2 rings (SSSR count). The second-order valence-electron chi connectivity index (χ2n) is 6.20. The average Bonchev–Trinajstić information content (AvgIpc) is 2.38. The molecule has 19 heavy (non-hydrogen) atoms. The lowest BCUT2D eigenvalue weighted by Crippen LogP contribution is -2.55. The van der Waals surface area contributed by atoms with Crippen molar-refractivity contribution in [2.45, 2.75) is 63.9 Å². The maximum Gasteiger partial charge on any atom is 0.110 e. The van der Waals surface area contributed by atoms with Crippen molar-refractivity contribution in [1.29, 1.82) is 0 Å². The van der Waals surface area contributed by atoms with E-state index in [-0.39, 0.29) is 18.3 Å². The molecule has 2 aliphatic carbocycles. The van der Waals surface area contributed by atoms with Crippen molar-refractivity contribution >= 4 is 0 Å². The van der Waals surface area contributed by atoms with Gasteiger partial charge in [-0.05, 0) is 31.1 Å². The summed E-state index contributed by atoms with van der Waals surface area (Å²) in [4.78, 5) is 0. The minimum Gasteiger partial charge on any atom is -0.390 e. The van der Waals surface area contributed by atoms with Gasteiger partial charge in [0.2, 0.25) is 0 Å². The Morgan fingerprint density at radius 3 is 2.47 bits per heavy atom. The first-order valence-electron chi connectivity index (χ1n) is 7.56. The normalized spacial score (nSPS) is 42.9. The van der Waals surface area contributed by atoms with E-state index in [1.165, 1.54) is 6.42 Å². The fourth-order valence-corrected chi connectivity index (χ4v) is 3.05. The topological polar surface area (TPSA) is 47.9 Å². The fourth-order valence-electron chi connectivity index (χ4n) is 3.05. The number of aliphatic hydroxyl groups is 1. The van der Waals surface area contributed by atoms with Crippen LogP contribution in [0, 0.1) is 11.8 Å². The van der Waals surface area contributed by atoms with E-state index in [1.807, 2.05) is 0 Å². The number of ether oxygens (including phenoxy) is 3. The van der Waals surface area contributed by atoms with E-state index < -0.39 is 0 Å². The molecule has 0 bridgehead atoms. The Kier molecular flexibility index (Phi) is 5.63. The van der Waals surface area contributed by atoms with Crippen molar-refractivity contribution < 1.29 is 19.3 Å². The third-order valence-electron chi connectivity index (χ3n) is 4.73. The molecule has 0 aromatic rings. The Morgan fingerprint density at radius 2 is 1.84 bits per heavy atom. The van der Waals surface area contributed by atoms with Crippen LogP contribution in [0.5, 0.6) is 0 Å². The second kappa shape index (κ2) is 7.02. The highest BCUT2D eigenvalue weighted by Crippen LogP contribution is 2.35. The Hall–Kier alpha value is -0.160. The molecule has 0 aromatic carbocycles. The van der Waals surface area contributed by atoms with Gasteiger partial charge < -0.3 is 19.3 Å². The molecule has 2 saturated carbocycles. The molecule has 2 fully saturated rings. The summed E-state index contributed by atoms with van der Waals surface area (Å²) < 4.78 is 16.7. The predicted octanol–water partition coefficient (Wildman–Crippen LogP) is 1.99. The highest BCUT2D eigenvalue weighted by molar-refractivity contribution is 4.93. The van der Waals surface area contributed by atoms with Crippen LogP contribution in [-0.4, -0.2) is 49.8 Å². The summed E-state index contributed by atoms with van der Waals surface area (Å²) in [5, 5.41) is 9.76. The highest BCUT2D eigenvalue weighted by Gasteiger charge is 2.43. The van der Waals surface area contributed by atoms with Crippen LogP contribution in [0.15, 0.2) is 0 Å². The van der Waals surface area contributed by atoms with Gasteiger partial charge in [-0.2, -0.15) is 0 Å². The molecule has 6 unspecified atom stereocenters. The van der Waals surface area contributed by atoms with E-state index >= 15 is 0 Å². The second-order valence-corrected chi connectivity index (χ2v) is 6.20. The first-order chi connectivity index (χ1) is 9.11. The Bertz CT molecular complexity index is 271. The fraction of sp³-hybridized carbons (Fsp3) is 1.00. The van der Waals surface area contributed by atoms with Gasteiger partial charge in [0.05, 0.1) is 31.5 Å². The van der Waals surface area contributed by atoms with Crippen molar-refractivity contribution in [3.05, 3.63) is 0 Å². The van der Waals surface area contributed by atoms with E-state index in [9.17, 15) is 5.11 Å². The van der Waals surface area contributed by atoms with Crippen LogP contribution in [0.3, 0.4) is 0 Å². The van der Waals surface area contributed by atoms with Gasteiger partial charge in [-0.25, -0.2) is 0 Å². The Balaban J connectivity index is 1.73. The summed E-state index contributed by atoms with van der Waals surface area (Å²) in [6.45, 7) is 5.72. The summed E-state index contributed by atoms with van der Waals surface area (Å²) in [6, 6.07) is 0. The smallest absolute Gasteiger partial charge is 0.110 e. The third kappa shape index (κ3) is 3.91. The maximum atomic E-state index is 9.76. The minimum atomic E-state index is -0.373. The lowest BCUT2D eigenvalue weighted by atomic mass is 9.79. The van der Waals surface area contributed by atoms with Crippen molar-refractivity contribution in [3.63, 3.8) is 0 Å². The molecule has 0 saturated heterocycles. The molecule has 4 heteroatoms. The molecule has 0 heterocycles. The number of hydrogen-bond donors (Lipinski definition) is 1. The molecule has 2 aliphatic rings. The van der Waals surface area contributed by atoms with Crippen molar-refractivity contribution in [2.24, 2.45) is 11.8 Å². The maximum absolute atomic E-state index is 9.76. The molecule has 0 aliphatic heterocycles.